The third-order valence-corrected chi connectivity index (χ3v) is 6.36. The van der Waals surface area contributed by atoms with Crippen molar-refractivity contribution >= 4 is 21.8 Å². The minimum Gasteiger partial charge on any atom is -0.379 e. The highest BCUT2D eigenvalue weighted by Crippen LogP contribution is 2.21. The Morgan fingerprint density at radius 2 is 1.65 bits per heavy atom. The highest BCUT2D eigenvalue weighted by Gasteiger charge is 2.19. The lowest BCUT2D eigenvalue weighted by Crippen LogP contribution is -2.37. The molecular formula is C26H29FN2O4S. The Morgan fingerprint density at radius 3 is 2.24 bits per heavy atom. The van der Waals surface area contributed by atoms with Crippen molar-refractivity contribution < 1.29 is 21.8 Å². The molecule has 0 heterocycles. The molecule has 0 atom stereocenters. The van der Waals surface area contributed by atoms with E-state index in [0.29, 0.717) is 13.1 Å². The van der Waals surface area contributed by atoms with Crippen LogP contribution in [0.25, 0.3) is 0 Å². The Balaban J connectivity index is 1.71. The van der Waals surface area contributed by atoms with E-state index in [-0.39, 0.29) is 22.6 Å². The molecule has 0 saturated heterocycles. The maximum absolute atomic E-state index is 13.1. The molecule has 0 unspecified atom stereocenters. The average Bonchev–Trinajstić information content (AvgIpc) is 2.76. The smallest absolute Gasteiger partial charge is 0.339 e. The Kier molecular flexibility index (Phi) is 7.94. The van der Waals surface area contributed by atoms with E-state index in [1.807, 2.05) is 45.9 Å². The van der Waals surface area contributed by atoms with Crippen LogP contribution in [0.5, 0.6) is 5.75 Å². The molecule has 6 nitrogen and oxygen atoms in total. The molecule has 1 N–H and O–H groups in total. The summed E-state index contributed by atoms with van der Waals surface area (Å²) < 4.78 is 43.0. The van der Waals surface area contributed by atoms with Gasteiger partial charge in [0, 0.05) is 18.8 Å². The third-order valence-electron chi connectivity index (χ3n) is 5.10. The highest BCUT2D eigenvalue weighted by atomic mass is 32.2. The number of anilines is 1. The van der Waals surface area contributed by atoms with Gasteiger partial charge in [-0.2, -0.15) is 8.42 Å². The van der Waals surface area contributed by atoms with Crippen molar-refractivity contribution in [3.8, 4) is 5.75 Å². The van der Waals surface area contributed by atoms with Gasteiger partial charge in [0.1, 0.15) is 16.5 Å². The van der Waals surface area contributed by atoms with Crippen molar-refractivity contribution in [2.75, 3.05) is 11.9 Å². The quantitative estimate of drug-likeness (QED) is 0.404. The maximum atomic E-state index is 13.1. The van der Waals surface area contributed by atoms with Gasteiger partial charge >= 0.3 is 16.1 Å². The van der Waals surface area contributed by atoms with Crippen LogP contribution in [0.4, 0.5) is 14.9 Å². The number of amides is 2. The molecule has 0 saturated carbocycles. The van der Waals surface area contributed by atoms with Crippen LogP contribution < -0.4 is 9.50 Å². The Morgan fingerprint density at radius 1 is 1.00 bits per heavy atom. The number of benzene rings is 3. The third kappa shape index (κ3) is 6.81. The van der Waals surface area contributed by atoms with Crippen LogP contribution in [0.3, 0.4) is 0 Å². The SMILES string of the molecule is Cc1ccc(NC(=O)N(Cc2ccc(OS(=O)(=O)c3ccc(F)cc3)cc2)CC(C)C)c(C)c1. The fourth-order valence-electron chi connectivity index (χ4n) is 3.46. The van der Waals surface area contributed by atoms with Gasteiger partial charge in [-0.15, -0.1) is 0 Å². The lowest BCUT2D eigenvalue weighted by molar-refractivity contribution is 0.201. The Bertz CT molecular complexity index is 1240. The van der Waals surface area contributed by atoms with Gasteiger partial charge in [-0.25, -0.2) is 9.18 Å². The number of nitrogens with one attached hydrogen (secondary N) is 1. The van der Waals surface area contributed by atoms with Crippen molar-refractivity contribution in [1.29, 1.82) is 0 Å². The van der Waals surface area contributed by atoms with Gasteiger partial charge in [-0.1, -0.05) is 43.7 Å². The van der Waals surface area contributed by atoms with E-state index in [2.05, 4.69) is 5.32 Å². The average molecular weight is 485 g/mol. The van der Waals surface area contributed by atoms with E-state index in [4.69, 9.17) is 4.18 Å². The molecule has 0 radical (unpaired) electrons. The van der Waals surface area contributed by atoms with Crippen LogP contribution in [-0.2, 0) is 16.7 Å². The Hall–Kier alpha value is -3.39. The first-order valence-corrected chi connectivity index (χ1v) is 12.4. The largest absolute Gasteiger partial charge is 0.379 e. The van der Waals surface area contributed by atoms with E-state index in [1.165, 1.54) is 12.1 Å². The summed E-state index contributed by atoms with van der Waals surface area (Å²) in [5.41, 5.74) is 3.70. The first-order chi connectivity index (χ1) is 16.0. The second kappa shape index (κ2) is 10.7. The van der Waals surface area contributed by atoms with Crippen LogP contribution in [0, 0.1) is 25.6 Å². The summed E-state index contributed by atoms with van der Waals surface area (Å²) in [5, 5.41) is 2.98. The van der Waals surface area contributed by atoms with Gasteiger partial charge in [0.25, 0.3) is 0 Å². The van der Waals surface area contributed by atoms with Crippen molar-refractivity contribution in [2.45, 2.75) is 39.1 Å². The number of rotatable bonds is 8. The normalized spacial score (nSPS) is 11.4. The van der Waals surface area contributed by atoms with E-state index in [9.17, 15) is 17.6 Å². The standard InChI is InChI=1S/C26H29FN2O4S/c1-18(2)16-29(26(30)28-25-14-5-19(3)15-20(25)4)17-21-6-10-23(11-7-21)33-34(31,32)24-12-8-22(27)9-13-24/h5-15,18H,16-17H2,1-4H3,(H,28,30). The van der Waals surface area contributed by atoms with Crippen LogP contribution >= 0.6 is 0 Å². The van der Waals surface area contributed by atoms with E-state index < -0.39 is 15.9 Å². The van der Waals surface area contributed by atoms with Gasteiger partial charge in [0.05, 0.1) is 0 Å². The molecular weight excluding hydrogens is 455 g/mol. The van der Waals surface area contributed by atoms with Crippen LogP contribution in [0.2, 0.25) is 0 Å². The molecule has 180 valence electrons. The summed E-state index contributed by atoms with van der Waals surface area (Å²) in [6, 6.07) is 16.6. The molecule has 3 aromatic rings. The molecule has 0 aliphatic rings. The predicted octanol–water partition coefficient (Wildman–Crippen LogP) is 5.90. The summed E-state index contributed by atoms with van der Waals surface area (Å²) >= 11 is 0. The second-order valence-electron chi connectivity index (χ2n) is 8.66. The summed E-state index contributed by atoms with van der Waals surface area (Å²) in [7, 11) is -4.08. The zero-order chi connectivity index (χ0) is 24.9. The summed E-state index contributed by atoms with van der Waals surface area (Å²) in [5.74, 6) is -0.146. The molecule has 8 heteroatoms. The topological polar surface area (TPSA) is 75.7 Å². The van der Waals surface area contributed by atoms with Crippen molar-refractivity contribution in [3.05, 3.63) is 89.2 Å². The first-order valence-electron chi connectivity index (χ1n) is 11.0. The number of urea groups is 1. The fourth-order valence-corrected chi connectivity index (χ4v) is 4.39. The number of carbonyl (C=O) groups is 1. The zero-order valence-corrected chi connectivity index (χ0v) is 20.5. The number of aryl methyl sites for hydroxylation is 2. The van der Waals surface area contributed by atoms with Crippen LogP contribution in [0.15, 0.2) is 71.6 Å². The summed E-state index contributed by atoms with van der Waals surface area (Å²) in [6.45, 7) is 8.92. The number of hydrogen-bond acceptors (Lipinski definition) is 4. The van der Waals surface area contributed by atoms with Gasteiger partial charge in [0.2, 0.25) is 0 Å². The maximum Gasteiger partial charge on any atom is 0.339 e. The van der Waals surface area contributed by atoms with Crippen LogP contribution in [-0.4, -0.2) is 25.9 Å². The zero-order valence-electron chi connectivity index (χ0n) is 19.7. The minimum absolute atomic E-state index is 0.128. The number of halogens is 1. The molecule has 3 rings (SSSR count). The lowest BCUT2D eigenvalue weighted by atomic mass is 10.1. The van der Waals surface area contributed by atoms with Crippen LogP contribution in [0.1, 0.15) is 30.5 Å². The molecule has 2 amide bonds. The predicted molar refractivity (Wildman–Crippen MR) is 131 cm³/mol. The molecule has 0 aliphatic carbocycles. The van der Waals surface area contributed by atoms with Gasteiger partial charge in [-0.05, 0) is 73.4 Å². The van der Waals surface area contributed by atoms with E-state index >= 15 is 0 Å². The van der Waals surface area contributed by atoms with Crippen molar-refractivity contribution in [2.24, 2.45) is 5.92 Å². The molecule has 0 spiro atoms. The summed E-state index contributed by atoms with van der Waals surface area (Å²) in [4.78, 5) is 14.6. The molecule has 0 aromatic heterocycles. The molecule has 0 aliphatic heterocycles. The van der Waals surface area contributed by atoms with Crippen molar-refractivity contribution in [3.63, 3.8) is 0 Å². The molecule has 0 bridgehead atoms. The molecule has 34 heavy (non-hydrogen) atoms. The number of hydrogen-bond donors (Lipinski definition) is 1. The fraction of sp³-hybridized carbons (Fsp3) is 0.269. The highest BCUT2D eigenvalue weighted by molar-refractivity contribution is 7.87. The first kappa shape index (κ1) is 25.2. The van der Waals surface area contributed by atoms with Gasteiger partial charge in [0.15, 0.2) is 0 Å². The number of carbonyl (C=O) groups excluding carboxylic acids is 1. The summed E-state index contributed by atoms with van der Waals surface area (Å²) in [6.07, 6.45) is 0. The number of nitrogens with zero attached hydrogens (tertiary/aromatic N) is 1. The van der Waals surface area contributed by atoms with Gasteiger partial charge in [-0.3, -0.25) is 0 Å². The minimum atomic E-state index is -4.08. The van der Waals surface area contributed by atoms with E-state index in [0.717, 1.165) is 46.6 Å². The molecule has 0 fully saturated rings. The Labute approximate surface area is 200 Å². The van der Waals surface area contributed by atoms with Gasteiger partial charge < -0.3 is 14.4 Å². The second-order valence-corrected chi connectivity index (χ2v) is 10.2. The van der Waals surface area contributed by atoms with Crippen molar-refractivity contribution in [1.82, 2.24) is 4.90 Å². The monoisotopic (exact) mass is 484 g/mol. The lowest BCUT2D eigenvalue weighted by Gasteiger charge is -2.25. The molecule has 3 aromatic carbocycles. The van der Waals surface area contributed by atoms with E-state index in [1.54, 1.807) is 17.0 Å².